The summed E-state index contributed by atoms with van der Waals surface area (Å²) >= 11 is 1.38. The van der Waals surface area contributed by atoms with E-state index in [9.17, 15) is 23.1 Å². The number of rotatable bonds is 4. The van der Waals surface area contributed by atoms with Gasteiger partial charge in [-0.25, -0.2) is 0 Å². The Morgan fingerprint density at radius 1 is 1.29 bits per heavy atom. The highest BCUT2D eigenvalue weighted by Crippen LogP contribution is 2.31. The van der Waals surface area contributed by atoms with Crippen LogP contribution in [0.5, 0.6) is 0 Å². The zero-order chi connectivity index (χ0) is 15.5. The van der Waals surface area contributed by atoms with E-state index in [-0.39, 0.29) is 6.54 Å². The molecule has 1 unspecified atom stereocenters. The maximum atomic E-state index is 12.8. The molecule has 0 aliphatic heterocycles. The molecule has 1 atom stereocenters. The number of hydrogen-bond acceptors (Lipinski definition) is 3. The third kappa shape index (κ3) is 3.83. The zero-order valence-corrected chi connectivity index (χ0v) is 11.5. The molecule has 1 aromatic heterocycles. The zero-order valence-electron chi connectivity index (χ0n) is 10.7. The van der Waals surface area contributed by atoms with Crippen LogP contribution in [0.4, 0.5) is 13.2 Å². The van der Waals surface area contributed by atoms with E-state index in [1.54, 1.807) is 16.8 Å². The summed E-state index contributed by atoms with van der Waals surface area (Å²) in [5.74, 6) is -0.864. The van der Waals surface area contributed by atoms with Crippen LogP contribution in [-0.2, 0) is 6.18 Å². The standard InChI is InChI=1S/C14H12F3NO2S/c15-14(16,17)11-4-2-1-3-10(11)13(20)18-7-12(19)9-5-6-21-8-9/h1-6,8,12,19H,7H2,(H,18,20). The van der Waals surface area contributed by atoms with Gasteiger partial charge >= 0.3 is 6.18 Å². The van der Waals surface area contributed by atoms with E-state index >= 15 is 0 Å². The first-order valence-corrected chi connectivity index (χ1v) is 6.98. The first-order chi connectivity index (χ1) is 9.89. The fourth-order valence-electron chi connectivity index (χ4n) is 1.80. The Kier molecular flexibility index (Phi) is 4.64. The average molecular weight is 315 g/mol. The number of aliphatic hydroxyl groups excluding tert-OH is 1. The van der Waals surface area contributed by atoms with Gasteiger partial charge in [0.15, 0.2) is 0 Å². The van der Waals surface area contributed by atoms with Gasteiger partial charge in [0, 0.05) is 6.54 Å². The van der Waals surface area contributed by atoms with Crippen molar-refractivity contribution in [3.63, 3.8) is 0 Å². The van der Waals surface area contributed by atoms with Crippen molar-refractivity contribution in [1.82, 2.24) is 5.32 Å². The normalized spacial score (nSPS) is 13.0. The fraction of sp³-hybridized carbons (Fsp3) is 0.214. The molecule has 0 saturated carbocycles. The summed E-state index contributed by atoms with van der Waals surface area (Å²) in [4.78, 5) is 11.9. The molecule has 1 amide bonds. The second-order valence-electron chi connectivity index (χ2n) is 4.33. The van der Waals surface area contributed by atoms with E-state index in [0.29, 0.717) is 5.56 Å². The van der Waals surface area contributed by atoms with Gasteiger partial charge in [-0.3, -0.25) is 4.79 Å². The summed E-state index contributed by atoms with van der Waals surface area (Å²) in [5.41, 5.74) is -0.834. The highest BCUT2D eigenvalue weighted by atomic mass is 32.1. The van der Waals surface area contributed by atoms with Crippen LogP contribution >= 0.6 is 11.3 Å². The van der Waals surface area contributed by atoms with Gasteiger partial charge < -0.3 is 10.4 Å². The lowest BCUT2D eigenvalue weighted by molar-refractivity contribution is -0.137. The number of carbonyl (C=O) groups excluding carboxylic acids is 1. The van der Waals surface area contributed by atoms with Crippen molar-refractivity contribution in [3.8, 4) is 0 Å². The molecule has 0 bridgehead atoms. The Balaban J connectivity index is 2.08. The van der Waals surface area contributed by atoms with Crippen LogP contribution in [0, 0.1) is 0 Å². The predicted octanol–water partition coefficient (Wildman–Crippen LogP) is 3.23. The van der Waals surface area contributed by atoms with Gasteiger partial charge in [0.25, 0.3) is 5.91 Å². The minimum absolute atomic E-state index is 0.151. The molecule has 1 aromatic carbocycles. The van der Waals surface area contributed by atoms with Crippen LogP contribution in [0.15, 0.2) is 41.1 Å². The van der Waals surface area contributed by atoms with E-state index in [2.05, 4.69) is 5.32 Å². The van der Waals surface area contributed by atoms with E-state index in [1.807, 2.05) is 0 Å². The third-order valence-electron chi connectivity index (χ3n) is 2.86. The van der Waals surface area contributed by atoms with Crippen molar-refractivity contribution in [1.29, 1.82) is 0 Å². The lowest BCUT2D eigenvalue weighted by atomic mass is 10.1. The van der Waals surface area contributed by atoms with Crippen LogP contribution in [0.25, 0.3) is 0 Å². The highest BCUT2D eigenvalue weighted by Gasteiger charge is 2.34. The van der Waals surface area contributed by atoms with Crippen LogP contribution in [-0.4, -0.2) is 17.6 Å². The van der Waals surface area contributed by atoms with Gasteiger partial charge in [-0.1, -0.05) is 12.1 Å². The topological polar surface area (TPSA) is 49.3 Å². The molecule has 0 saturated heterocycles. The molecule has 7 heteroatoms. The molecule has 2 aromatic rings. The van der Waals surface area contributed by atoms with Crippen LogP contribution in [0.3, 0.4) is 0 Å². The maximum absolute atomic E-state index is 12.8. The van der Waals surface area contributed by atoms with Crippen molar-refractivity contribution in [3.05, 3.63) is 57.8 Å². The van der Waals surface area contributed by atoms with Crippen LogP contribution < -0.4 is 5.32 Å². The smallest absolute Gasteiger partial charge is 0.387 e. The number of thiophene rings is 1. The quantitative estimate of drug-likeness (QED) is 0.910. The number of benzene rings is 1. The molecule has 112 valence electrons. The molecular weight excluding hydrogens is 303 g/mol. The summed E-state index contributed by atoms with van der Waals surface area (Å²) in [5, 5.41) is 15.6. The molecule has 0 spiro atoms. The molecule has 0 fully saturated rings. The van der Waals surface area contributed by atoms with Crippen molar-refractivity contribution in [2.24, 2.45) is 0 Å². The first-order valence-electron chi connectivity index (χ1n) is 6.04. The first kappa shape index (κ1) is 15.5. The van der Waals surface area contributed by atoms with Crippen molar-refractivity contribution in [2.45, 2.75) is 12.3 Å². The Morgan fingerprint density at radius 3 is 2.62 bits per heavy atom. The van der Waals surface area contributed by atoms with Crippen molar-refractivity contribution < 1.29 is 23.1 Å². The minimum atomic E-state index is -4.60. The molecule has 0 radical (unpaired) electrons. The highest BCUT2D eigenvalue weighted by molar-refractivity contribution is 7.07. The number of aliphatic hydroxyl groups is 1. The molecule has 21 heavy (non-hydrogen) atoms. The minimum Gasteiger partial charge on any atom is -0.387 e. The second kappa shape index (κ2) is 6.28. The van der Waals surface area contributed by atoms with Crippen molar-refractivity contribution in [2.75, 3.05) is 6.54 Å². The molecule has 0 aliphatic rings. The Labute approximate surface area is 123 Å². The van der Waals surface area contributed by atoms with Gasteiger partial charge in [0.2, 0.25) is 0 Å². The predicted molar refractivity (Wildman–Crippen MR) is 73.1 cm³/mol. The molecule has 2 rings (SSSR count). The van der Waals surface area contributed by atoms with Crippen LogP contribution in [0.1, 0.15) is 27.6 Å². The Bertz CT molecular complexity index is 611. The molecule has 2 N–H and O–H groups in total. The Morgan fingerprint density at radius 2 is 2.00 bits per heavy atom. The lowest BCUT2D eigenvalue weighted by Gasteiger charge is -2.14. The molecular formula is C14H12F3NO2S. The molecule has 0 aliphatic carbocycles. The van der Waals surface area contributed by atoms with Crippen molar-refractivity contribution >= 4 is 17.2 Å². The van der Waals surface area contributed by atoms with E-state index in [1.165, 1.54) is 23.5 Å². The molecule has 1 heterocycles. The van der Waals surface area contributed by atoms with Crippen LogP contribution in [0.2, 0.25) is 0 Å². The summed E-state index contributed by atoms with van der Waals surface area (Å²) in [6.45, 7) is -0.151. The lowest BCUT2D eigenvalue weighted by Crippen LogP contribution is -2.30. The number of alkyl halides is 3. The maximum Gasteiger partial charge on any atom is 0.417 e. The second-order valence-corrected chi connectivity index (χ2v) is 5.11. The van der Waals surface area contributed by atoms with E-state index in [4.69, 9.17) is 0 Å². The number of halogens is 3. The van der Waals surface area contributed by atoms with E-state index in [0.717, 1.165) is 12.1 Å². The molecule has 3 nitrogen and oxygen atoms in total. The number of nitrogens with one attached hydrogen (secondary N) is 1. The number of carbonyl (C=O) groups is 1. The number of hydrogen-bond donors (Lipinski definition) is 2. The summed E-state index contributed by atoms with van der Waals surface area (Å²) in [6, 6.07) is 6.23. The Hall–Kier alpha value is -1.86. The average Bonchev–Trinajstić information content (AvgIpc) is 2.97. The van der Waals surface area contributed by atoms with Gasteiger partial charge in [0.05, 0.1) is 17.2 Å². The van der Waals surface area contributed by atoms with Gasteiger partial charge in [-0.05, 0) is 34.5 Å². The summed E-state index contributed by atoms with van der Waals surface area (Å²) in [6.07, 6.45) is -5.54. The largest absolute Gasteiger partial charge is 0.417 e. The van der Waals surface area contributed by atoms with Gasteiger partial charge in [-0.15, -0.1) is 0 Å². The van der Waals surface area contributed by atoms with Gasteiger partial charge in [-0.2, -0.15) is 24.5 Å². The fourth-order valence-corrected chi connectivity index (χ4v) is 2.50. The van der Waals surface area contributed by atoms with E-state index < -0.39 is 29.3 Å². The monoisotopic (exact) mass is 315 g/mol. The SMILES string of the molecule is O=C(NCC(O)c1ccsc1)c1ccccc1C(F)(F)F. The van der Waals surface area contributed by atoms with Gasteiger partial charge in [0.1, 0.15) is 0 Å². The third-order valence-corrected chi connectivity index (χ3v) is 3.56. The summed E-state index contributed by atoms with van der Waals surface area (Å²) in [7, 11) is 0. The number of amides is 1. The summed E-state index contributed by atoms with van der Waals surface area (Å²) < 4.78 is 38.4.